The smallest absolute Gasteiger partial charge is 0.270 e. The van der Waals surface area contributed by atoms with Gasteiger partial charge in [0.1, 0.15) is 18.0 Å². The van der Waals surface area contributed by atoms with Crippen molar-refractivity contribution in [2.75, 3.05) is 30.9 Å². The number of ether oxygens (including phenoxy) is 1. The maximum atomic E-state index is 12.8. The maximum absolute atomic E-state index is 12.8. The van der Waals surface area contributed by atoms with Gasteiger partial charge in [-0.2, -0.15) is 0 Å². The van der Waals surface area contributed by atoms with E-state index >= 15 is 0 Å². The number of anilines is 2. The molecule has 0 radical (unpaired) electrons. The van der Waals surface area contributed by atoms with Crippen molar-refractivity contribution < 1.29 is 21.9 Å². The number of nitrogens with one attached hydrogen (secondary N) is 2. The highest BCUT2D eigenvalue weighted by molar-refractivity contribution is 8.02. The molecule has 2 aliphatic carbocycles. The highest BCUT2D eigenvalue weighted by atomic mass is 32.2. The van der Waals surface area contributed by atoms with Gasteiger partial charge in [-0.15, -0.1) is 11.8 Å². The molecule has 194 valence electrons. The molecule has 2 fully saturated rings. The molecule has 4 aliphatic rings. The number of hydrogen-bond donors (Lipinski definition) is 2. The summed E-state index contributed by atoms with van der Waals surface area (Å²) in [5.74, 6) is 1.79. The van der Waals surface area contributed by atoms with E-state index in [0.29, 0.717) is 24.7 Å². The zero-order valence-corrected chi connectivity index (χ0v) is 21.2. The van der Waals surface area contributed by atoms with Gasteiger partial charge in [-0.25, -0.2) is 4.98 Å². The van der Waals surface area contributed by atoms with Gasteiger partial charge in [0.2, 0.25) is 5.88 Å². The lowest BCUT2D eigenvalue weighted by molar-refractivity contribution is 0.0945. The number of dihydropyridines is 1. The molecule has 36 heavy (non-hydrogen) atoms. The summed E-state index contributed by atoms with van der Waals surface area (Å²) < 4.78 is 5.90. The number of carbonyl (C=O) groups excluding carboxylic acids is 1. The summed E-state index contributed by atoms with van der Waals surface area (Å²) in [6.45, 7) is 1.83. The molecular formula is C27H36N4O4S. The lowest BCUT2D eigenvalue weighted by atomic mass is 10.0. The number of thioether (sulfide) groups is 1. The van der Waals surface area contributed by atoms with Crippen LogP contribution in [-0.2, 0) is 0 Å². The summed E-state index contributed by atoms with van der Waals surface area (Å²) in [5.41, 5.74) is 5.49. The second kappa shape index (κ2) is 10.9. The van der Waals surface area contributed by atoms with Crippen LogP contribution >= 0.6 is 11.8 Å². The number of amides is 1. The van der Waals surface area contributed by atoms with Crippen LogP contribution in [0.3, 0.4) is 0 Å². The Labute approximate surface area is 217 Å². The zero-order chi connectivity index (χ0) is 23.1. The number of carbonyl (C=O) groups is 1. The fourth-order valence-corrected chi connectivity index (χ4v) is 5.06. The number of pyridine rings is 1. The molecule has 0 saturated heterocycles. The monoisotopic (exact) mass is 512 g/mol. The molecule has 2 aliphatic heterocycles. The van der Waals surface area contributed by atoms with Gasteiger partial charge in [0.05, 0.1) is 12.6 Å². The third-order valence-electron chi connectivity index (χ3n) is 6.94. The Morgan fingerprint density at radius 1 is 1.17 bits per heavy atom. The van der Waals surface area contributed by atoms with Gasteiger partial charge in [0, 0.05) is 24.8 Å². The minimum Gasteiger partial charge on any atom is -0.474 e. The van der Waals surface area contributed by atoms with Crippen molar-refractivity contribution in [2.24, 2.45) is 0 Å². The van der Waals surface area contributed by atoms with Crippen LogP contribution in [0.5, 0.6) is 5.88 Å². The SMILES string of the molecule is CSC1=CNC(CNC(=O)c2ccc3c(n2)OCCN3c2cc(C3CC3)cc(C3CC3)c2)C=C1.O.O.[HH]. The summed E-state index contributed by atoms with van der Waals surface area (Å²) >= 11 is 1.69. The van der Waals surface area contributed by atoms with Gasteiger partial charge in [-0.3, -0.25) is 4.79 Å². The second-order valence-corrected chi connectivity index (χ2v) is 10.4. The number of hydrogen-bond acceptors (Lipinski definition) is 6. The minimum atomic E-state index is -0.190. The number of aromatic nitrogens is 1. The van der Waals surface area contributed by atoms with E-state index in [-0.39, 0.29) is 24.3 Å². The molecule has 2 aromatic rings. The van der Waals surface area contributed by atoms with Gasteiger partial charge in [0.25, 0.3) is 5.91 Å². The molecule has 0 bridgehead atoms. The van der Waals surface area contributed by atoms with E-state index in [1.165, 1.54) is 47.4 Å². The first-order valence-electron chi connectivity index (χ1n) is 12.2. The highest BCUT2D eigenvalue weighted by Crippen LogP contribution is 2.47. The maximum Gasteiger partial charge on any atom is 0.270 e. The molecule has 1 atom stereocenters. The van der Waals surface area contributed by atoms with Crippen LogP contribution in [0.25, 0.3) is 0 Å². The second-order valence-electron chi connectivity index (χ2n) is 9.52. The minimum absolute atomic E-state index is 0. The first kappa shape index (κ1) is 26.1. The Bertz CT molecular complexity index is 1150. The average molecular weight is 513 g/mol. The molecule has 6 N–H and O–H groups in total. The van der Waals surface area contributed by atoms with Gasteiger partial charge in [-0.1, -0.05) is 12.1 Å². The van der Waals surface area contributed by atoms with Crippen LogP contribution in [0, 0.1) is 0 Å². The van der Waals surface area contributed by atoms with Crippen LogP contribution in [0.1, 0.15) is 60.6 Å². The van der Waals surface area contributed by atoms with E-state index in [0.717, 1.165) is 24.1 Å². The van der Waals surface area contributed by atoms with Crippen molar-refractivity contribution in [1.29, 1.82) is 0 Å². The fraction of sp³-hybridized carbons (Fsp3) is 0.407. The summed E-state index contributed by atoms with van der Waals surface area (Å²) in [5, 5.41) is 6.28. The van der Waals surface area contributed by atoms with Crippen molar-refractivity contribution >= 4 is 29.0 Å². The Morgan fingerprint density at radius 2 is 1.89 bits per heavy atom. The Kier molecular flexibility index (Phi) is 7.92. The summed E-state index contributed by atoms with van der Waals surface area (Å²) in [7, 11) is 0. The Morgan fingerprint density at radius 3 is 2.50 bits per heavy atom. The molecular weight excluding hydrogens is 476 g/mol. The first-order valence-corrected chi connectivity index (χ1v) is 13.4. The number of nitrogens with zero attached hydrogens (tertiary/aromatic N) is 2. The predicted molar refractivity (Wildman–Crippen MR) is 146 cm³/mol. The number of benzene rings is 1. The summed E-state index contributed by atoms with van der Waals surface area (Å²) in [6.07, 6.45) is 13.4. The predicted octanol–water partition coefficient (Wildman–Crippen LogP) is 3.43. The molecule has 9 heteroatoms. The van der Waals surface area contributed by atoms with Gasteiger partial charge in [-0.05, 0) is 85.2 Å². The van der Waals surface area contributed by atoms with Crippen LogP contribution in [-0.4, -0.2) is 53.8 Å². The van der Waals surface area contributed by atoms with E-state index in [2.05, 4.69) is 50.9 Å². The third-order valence-corrected chi connectivity index (χ3v) is 7.66. The molecule has 1 aromatic heterocycles. The standard InChI is InChI=1S/C27H30N4O2S.2H2O.H2/c1-34-23-7-6-21(28-16-23)15-29-26(32)24-8-9-25-27(30-24)33-11-10-31(25)22-13-19(17-2-3-17)12-20(14-22)18-4-5-18;;;/h6-9,12-14,16-18,21,28H,2-5,10-11,15H2,1H3,(H,29,32);2*1H2;1H. The van der Waals surface area contributed by atoms with E-state index in [9.17, 15) is 4.79 Å². The molecule has 1 unspecified atom stereocenters. The Balaban J connectivity index is 0.00000127. The van der Waals surface area contributed by atoms with Crippen molar-refractivity contribution in [3.63, 3.8) is 0 Å². The summed E-state index contributed by atoms with van der Waals surface area (Å²) in [4.78, 5) is 20.8. The highest BCUT2D eigenvalue weighted by Gasteiger charge is 2.30. The van der Waals surface area contributed by atoms with Gasteiger partial charge < -0.3 is 31.2 Å². The first-order chi connectivity index (χ1) is 16.7. The molecule has 2 saturated carbocycles. The molecule has 6 rings (SSSR count). The van der Waals surface area contributed by atoms with Crippen molar-refractivity contribution in [3.8, 4) is 5.88 Å². The van der Waals surface area contributed by atoms with Crippen molar-refractivity contribution in [2.45, 2.75) is 43.6 Å². The van der Waals surface area contributed by atoms with E-state index in [4.69, 9.17) is 4.74 Å². The van der Waals surface area contributed by atoms with E-state index in [1.807, 2.05) is 18.5 Å². The zero-order valence-electron chi connectivity index (χ0n) is 20.4. The average Bonchev–Trinajstić information content (AvgIpc) is 3.79. The van der Waals surface area contributed by atoms with Crippen LogP contribution in [0.4, 0.5) is 11.4 Å². The molecule has 3 heterocycles. The van der Waals surface area contributed by atoms with Crippen LogP contribution < -0.4 is 20.3 Å². The number of allylic oxidation sites excluding steroid dienone is 1. The quantitative estimate of drug-likeness (QED) is 0.585. The van der Waals surface area contributed by atoms with E-state index < -0.39 is 0 Å². The summed E-state index contributed by atoms with van der Waals surface area (Å²) in [6, 6.07) is 11.0. The van der Waals surface area contributed by atoms with E-state index in [1.54, 1.807) is 17.8 Å². The number of fused-ring (bicyclic) bond motifs is 1. The van der Waals surface area contributed by atoms with Gasteiger partial charge >= 0.3 is 0 Å². The van der Waals surface area contributed by atoms with Crippen LogP contribution in [0.2, 0.25) is 0 Å². The number of rotatable bonds is 7. The van der Waals surface area contributed by atoms with Crippen molar-refractivity contribution in [3.05, 3.63) is 70.4 Å². The fourth-order valence-electron chi connectivity index (χ4n) is 4.66. The molecule has 1 amide bonds. The van der Waals surface area contributed by atoms with Crippen molar-refractivity contribution in [1.82, 2.24) is 15.6 Å². The third kappa shape index (κ3) is 5.53. The van der Waals surface area contributed by atoms with Crippen LogP contribution in [0.15, 0.2) is 53.6 Å². The lowest BCUT2D eigenvalue weighted by Gasteiger charge is -2.31. The molecule has 1 aromatic carbocycles. The Hall–Kier alpha value is -3.01. The van der Waals surface area contributed by atoms with Gasteiger partial charge in [0.15, 0.2) is 0 Å². The largest absolute Gasteiger partial charge is 0.474 e. The topological polar surface area (TPSA) is 129 Å². The normalized spacial score (nSPS) is 20.1. The molecule has 0 spiro atoms. The lowest BCUT2D eigenvalue weighted by Crippen LogP contribution is -2.39. The molecule has 8 nitrogen and oxygen atoms in total.